The third kappa shape index (κ3) is 3.02. The van der Waals surface area contributed by atoms with E-state index >= 15 is 0 Å². The van der Waals surface area contributed by atoms with E-state index in [-0.39, 0.29) is 0 Å². The van der Waals surface area contributed by atoms with E-state index in [1.165, 1.54) is 4.80 Å². The Morgan fingerprint density at radius 1 is 1.53 bits per heavy atom. The number of aliphatic hydroxyl groups is 1. The second kappa shape index (κ2) is 5.12. The molecule has 1 aromatic carbocycles. The van der Waals surface area contributed by atoms with Gasteiger partial charge in [0.05, 0.1) is 13.2 Å². The summed E-state index contributed by atoms with van der Waals surface area (Å²) in [6.07, 6.45) is -0.417. The second-order valence-electron chi connectivity index (χ2n) is 3.58. The lowest BCUT2D eigenvalue weighted by atomic mass is 10.1. The second-order valence-corrected chi connectivity index (χ2v) is 4.87. The van der Waals surface area contributed by atoms with Gasteiger partial charge >= 0.3 is 0 Å². The van der Waals surface area contributed by atoms with E-state index in [2.05, 4.69) is 31.3 Å². The van der Waals surface area contributed by atoms with E-state index in [1.807, 2.05) is 0 Å². The Morgan fingerprint density at radius 3 is 2.94 bits per heavy atom. The van der Waals surface area contributed by atoms with E-state index in [9.17, 15) is 5.11 Å². The van der Waals surface area contributed by atoms with Crippen LogP contribution in [-0.2, 0) is 13.5 Å². The molecule has 0 fully saturated rings. The molecule has 0 saturated heterocycles. The third-order valence-electron chi connectivity index (χ3n) is 2.24. The monoisotopic (exact) mass is 316 g/mol. The van der Waals surface area contributed by atoms with Crippen LogP contribution in [0.2, 0.25) is 5.02 Å². The van der Waals surface area contributed by atoms with Crippen LogP contribution in [0.25, 0.3) is 0 Å². The lowest BCUT2D eigenvalue weighted by Crippen LogP contribution is -2.04. The van der Waals surface area contributed by atoms with Gasteiger partial charge in [0.25, 0.3) is 0 Å². The Kier molecular flexibility index (Phi) is 3.76. The predicted octanol–water partition coefficient (Wildman–Crippen LogP) is 1.90. The number of aliphatic hydroxyl groups excluding tert-OH is 1. The van der Waals surface area contributed by atoms with Crippen molar-refractivity contribution in [2.75, 3.05) is 0 Å². The Morgan fingerprint density at radius 2 is 2.29 bits per heavy atom. The molecule has 1 aromatic heterocycles. The highest BCUT2D eigenvalue weighted by atomic mass is 79.9. The molecular weight excluding hydrogens is 307 g/mol. The molecular formula is C10H10BrClN4O. The number of aryl methyl sites for hydroxylation is 1. The zero-order valence-electron chi connectivity index (χ0n) is 9.01. The lowest BCUT2D eigenvalue weighted by Gasteiger charge is -2.11. The molecule has 0 aliphatic heterocycles. The fraction of sp³-hybridized carbons (Fsp3) is 0.300. The van der Waals surface area contributed by atoms with Crippen molar-refractivity contribution in [1.29, 1.82) is 0 Å². The highest BCUT2D eigenvalue weighted by Crippen LogP contribution is 2.28. The molecule has 5 nitrogen and oxygen atoms in total. The minimum Gasteiger partial charge on any atom is -0.388 e. The van der Waals surface area contributed by atoms with Gasteiger partial charge in [0.2, 0.25) is 0 Å². The molecule has 17 heavy (non-hydrogen) atoms. The SMILES string of the molecule is Cn1nnc(CC(O)c2cc(Cl)ccc2Br)n1. The summed E-state index contributed by atoms with van der Waals surface area (Å²) >= 11 is 9.26. The van der Waals surface area contributed by atoms with Gasteiger partial charge in [-0.15, -0.1) is 10.2 Å². The lowest BCUT2D eigenvalue weighted by molar-refractivity contribution is 0.175. The molecule has 1 N–H and O–H groups in total. The summed E-state index contributed by atoms with van der Waals surface area (Å²) < 4.78 is 0.804. The van der Waals surface area contributed by atoms with E-state index < -0.39 is 6.10 Å². The summed E-state index contributed by atoms with van der Waals surface area (Å²) in [5, 5.41) is 22.2. The van der Waals surface area contributed by atoms with Crippen LogP contribution in [0.3, 0.4) is 0 Å². The van der Waals surface area contributed by atoms with Crippen molar-refractivity contribution < 1.29 is 5.11 Å². The number of rotatable bonds is 3. The Balaban J connectivity index is 2.19. The zero-order chi connectivity index (χ0) is 12.4. The highest BCUT2D eigenvalue weighted by molar-refractivity contribution is 9.10. The van der Waals surface area contributed by atoms with Crippen LogP contribution < -0.4 is 0 Å². The molecule has 0 bridgehead atoms. The van der Waals surface area contributed by atoms with Gasteiger partial charge in [-0.1, -0.05) is 27.5 Å². The van der Waals surface area contributed by atoms with Crippen molar-refractivity contribution in [3.8, 4) is 0 Å². The van der Waals surface area contributed by atoms with Crippen molar-refractivity contribution >= 4 is 27.5 Å². The maximum Gasteiger partial charge on any atom is 0.177 e. The first-order valence-electron chi connectivity index (χ1n) is 4.92. The molecule has 90 valence electrons. The molecule has 1 heterocycles. The van der Waals surface area contributed by atoms with Gasteiger partial charge in [-0.05, 0) is 29.0 Å². The fourth-order valence-corrected chi connectivity index (χ4v) is 2.15. The average molecular weight is 318 g/mol. The van der Waals surface area contributed by atoms with Crippen LogP contribution in [0.15, 0.2) is 22.7 Å². The standard InChI is InChI=1S/C10H10BrClN4O/c1-16-14-10(13-15-16)5-9(17)7-4-6(12)2-3-8(7)11/h2-4,9,17H,5H2,1H3. The van der Waals surface area contributed by atoms with Gasteiger partial charge in [0, 0.05) is 15.9 Å². The molecule has 2 aromatic rings. The zero-order valence-corrected chi connectivity index (χ0v) is 11.4. The van der Waals surface area contributed by atoms with Crippen molar-refractivity contribution in [1.82, 2.24) is 20.2 Å². The van der Waals surface area contributed by atoms with Gasteiger partial charge in [0.15, 0.2) is 5.82 Å². The maximum absolute atomic E-state index is 10.1. The van der Waals surface area contributed by atoms with E-state index in [4.69, 9.17) is 11.6 Å². The van der Waals surface area contributed by atoms with Crippen molar-refractivity contribution in [3.63, 3.8) is 0 Å². The smallest absolute Gasteiger partial charge is 0.177 e. The van der Waals surface area contributed by atoms with Crippen LogP contribution in [0.4, 0.5) is 0 Å². The Labute approximate surface area is 112 Å². The Hall–Kier alpha value is -0.980. The first-order chi connectivity index (χ1) is 8.06. The van der Waals surface area contributed by atoms with Crippen LogP contribution in [0.5, 0.6) is 0 Å². The molecule has 0 radical (unpaired) electrons. The number of halogens is 2. The summed E-state index contributed by atoms with van der Waals surface area (Å²) in [4.78, 5) is 1.36. The molecule has 0 amide bonds. The molecule has 7 heteroatoms. The highest BCUT2D eigenvalue weighted by Gasteiger charge is 2.15. The molecule has 0 saturated carbocycles. The third-order valence-corrected chi connectivity index (χ3v) is 3.20. The predicted molar refractivity (Wildman–Crippen MR) is 66.6 cm³/mol. The quantitative estimate of drug-likeness (QED) is 0.939. The maximum atomic E-state index is 10.1. The fourth-order valence-electron chi connectivity index (χ4n) is 1.46. The summed E-state index contributed by atoms with van der Waals surface area (Å²) in [7, 11) is 1.68. The molecule has 0 aliphatic rings. The minimum absolute atomic E-state index is 0.298. The average Bonchev–Trinajstić information content (AvgIpc) is 2.67. The number of benzene rings is 1. The van der Waals surface area contributed by atoms with Crippen molar-refractivity contribution in [3.05, 3.63) is 39.1 Å². The summed E-state index contributed by atoms with van der Waals surface area (Å²) in [5.41, 5.74) is 0.713. The summed E-state index contributed by atoms with van der Waals surface area (Å²) in [6.45, 7) is 0. The Bertz CT molecular complexity index is 531. The van der Waals surface area contributed by atoms with Gasteiger partial charge < -0.3 is 5.11 Å². The normalized spacial score (nSPS) is 12.7. The van der Waals surface area contributed by atoms with E-state index in [1.54, 1.807) is 25.2 Å². The van der Waals surface area contributed by atoms with Gasteiger partial charge in [0.1, 0.15) is 0 Å². The minimum atomic E-state index is -0.715. The van der Waals surface area contributed by atoms with Crippen LogP contribution in [0.1, 0.15) is 17.5 Å². The van der Waals surface area contributed by atoms with Crippen LogP contribution >= 0.6 is 27.5 Å². The molecule has 2 rings (SSSR count). The van der Waals surface area contributed by atoms with Crippen molar-refractivity contribution in [2.45, 2.75) is 12.5 Å². The number of hydrogen-bond donors (Lipinski definition) is 1. The number of tetrazole rings is 1. The number of aromatic nitrogens is 4. The largest absolute Gasteiger partial charge is 0.388 e. The number of hydrogen-bond acceptors (Lipinski definition) is 4. The molecule has 0 aliphatic carbocycles. The van der Waals surface area contributed by atoms with Gasteiger partial charge in [-0.25, -0.2) is 0 Å². The van der Waals surface area contributed by atoms with Gasteiger partial charge in [-0.3, -0.25) is 0 Å². The first kappa shape index (κ1) is 12.5. The molecule has 1 atom stereocenters. The molecule has 0 spiro atoms. The van der Waals surface area contributed by atoms with Crippen LogP contribution in [-0.4, -0.2) is 25.3 Å². The van der Waals surface area contributed by atoms with Crippen molar-refractivity contribution in [2.24, 2.45) is 7.05 Å². The van der Waals surface area contributed by atoms with Crippen LogP contribution in [0, 0.1) is 0 Å². The van der Waals surface area contributed by atoms with E-state index in [0.717, 1.165) is 4.47 Å². The first-order valence-corrected chi connectivity index (χ1v) is 6.09. The molecule has 1 unspecified atom stereocenters. The topological polar surface area (TPSA) is 63.8 Å². The van der Waals surface area contributed by atoms with E-state index in [0.29, 0.717) is 22.8 Å². The van der Waals surface area contributed by atoms with Gasteiger partial charge in [-0.2, -0.15) is 4.80 Å². The summed E-state index contributed by atoms with van der Waals surface area (Å²) in [5.74, 6) is 0.492. The number of nitrogens with zero attached hydrogens (tertiary/aromatic N) is 4. The summed E-state index contributed by atoms with van der Waals surface area (Å²) in [6, 6.07) is 5.26.